The molecule has 0 aliphatic carbocycles. The second-order valence-electron chi connectivity index (χ2n) is 9.76. The summed E-state index contributed by atoms with van der Waals surface area (Å²) in [4.78, 5) is 15.3. The van der Waals surface area contributed by atoms with Crippen molar-refractivity contribution in [3.8, 4) is 11.1 Å². The van der Waals surface area contributed by atoms with Gasteiger partial charge in [0.15, 0.2) is 0 Å². The maximum atomic E-state index is 13.9. The molecular weight excluding hydrogens is 507 g/mol. The molecule has 0 saturated carbocycles. The van der Waals surface area contributed by atoms with Crippen LogP contribution in [0.25, 0.3) is 11.1 Å². The third kappa shape index (κ3) is 5.81. The molecule has 3 atom stereocenters. The van der Waals surface area contributed by atoms with Crippen molar-refractivity contribution < 1.29 is 27.4 Å². The predicted octanol–water partition coefficient (Wildman–Crippen LogP) is 4.17. The van der Waals surface area contributed by atoms with Gasteiger partial charge in [-0.1, -0.05) is 55.5 Å². The molecule has 0 spiro atoms. The molecule has 9 heteroatoms. The topological polar surface area (TPSA) is 87.2 Å². The third-order valence-electron chi connectivity index (χ3n) is 7.04. The zero-order valence-corrected chi connectivity index (χ0v) is 22.6. The van der Waals surface area contributed by atoms with Crippen molar-refractivity contribution in [3.63, 3.8) is 0 Å². The van der Waals surface area contributed by atoms with Crippen LogP contribution in [-0.2, 0) is 21.4 Å². The van der Waals surface area contributed by atoms with Crippen LogP contribution in [0.3, 0.4) is 0 Å². The van der Waals surface area contributed by atoms with E-state index in [0.717, 1.165) is 27.1 Å². The molecule has 0 aromatic heterocycles. The van der Waals surface area contributed by atoms with Crippen LogP contribution >= 0.6 is 0 Å². The van der Waals surface area contributed by atoms with E-state index in [1.807, 2.05) is 49.4 Å². The Labute approximate surface area is 223 Å². The molecule has 0 fully saturated rings. The molecule has 1 N–H and O–H groups in total. The minimum Gasteiger partial charge on any atom is -0.394 e. The minimum atomic E-state index is -3.99. The quantitative estimate of drug-likeness (QED) is 0.507. The molecule has 0 radical (unpaired) electrons. The fourth-order valence-corrected chi connectivity index (χ4v) is 5.93. The maximum Gasteiger partial charge on any atom is 0.254 e. The molecular formula is C29H33FN2O5S. The van der Waals surface area contributed by atoms with Gasteiger partial charge in [0, 0.05) is 31.6 Å². The number of aliphatic hydroxyl groups is 1. The summed E-state index contributed by atoms with van der Waals surface area (Å²) in [5.41, 5.74) is 3.01. The van der Waals surface area contributed by atoms with Gasteiger partial charge in [0.1, 0.15) is 5.82 Å². The predicted molar refractivity (Wildman–Crippen MR) is 143 cm³/mol. The van der Waals surface area contributed by atoms with Gasteiger partial charge in [0.05, 0.1) is 30.3 Å². The fraction of sp³-hybridized carbons (Fsp3) is 0.345. The van der Waals surface area contributed by atoms with Crippen LogP contribution in [0.15, 0.2) is 77.7 Å². The fourth-order valence-electron chi connectivity index (χ4n) is 4.71. The normalized spacial score (nSPS) is 19.4. The number of ether oxygens (including phenoxy) is 1. The molecule has 3 aromatic carbocycles. The van der Waals surface area contributed by atoms with E-state index < -0.39 is 28.0 Å². The van der Waals surface area contributed by atoms with Crippen LogP contribution in [0, 0.1) is 11.7 Å². The number of benzene rings is 3. The summed E-state index contributed by atoms with van der Waals surface area (Å²) in [5.74, 6) is -1.15. The van der Waals surface area contributed by atoms with Crippen molar-refractivity contribution in [3.05, 3.63) is 89.7 Å². The number of sulfonamides is 1. The molecule has 1 aliphatic heterocycles. The Kier molecular flexibility index (Phi) is 8.62. The maximum absolute atomic E-state index is 13.9. The molecule has 38 heavy (non-hydrogen) atoms. The first-order chi connectivity index (χ1) is 18.1. The summed E-state index contributed by atoms with van der Waals surface area (Å²) in [7, 11) is -2.55. The number of carbonyl (C=O) groups excluding carboxylic acids is 1. The number of fused-ring (bicyclic) bond motifs is 3. The van der Waals surface area contributed by atoms with Gasteiger partial charge in [-0.25, -0.2) is 12.8 Å². The van der Waals surface area contributed by atoms with Crippen LogP contribution in [0.2, 0.25) is 0 Å². The number of carbonyl (C=O) groups is 1. The molecule has 0 bridgehead atoms. The van der Waals surface area contributed by atoms with E-state index in [0.29, 0.717) is 5.56 Å². The van der Waals surface area contributed by atoms with E-state index in [1.165, 1.54) is 25.2 Å². The lowest BCUT2D eigenvalue weighted by molar-refractivity contribution is -0.0146. The first-order valence-corrected chi connectivity index (χ1v) is 14.0. The highest BCUT2D eigenvalue weighted by Crippen LogP contribution is 2.31. The molecule has 0 saturated heterocycles. The van der Waals surface area contributed by atoms with E-state index in [2.05, 4.69) is 0 Å². The highest BCUT2D eigenvalue weighted by Gasteiger charge is 2.32. The van der Waals surface area contributed by atoms with Gasteiger partial charge in [-0.2, -0.15) is 4.31 Å². The van der Waals surface area contributed by atoms with Crippen LogP contribution < -0.4 is 0 Å². The summed E-state index contributed by atoms with van der Waals surface area (Å²) in [6.07, 6.45) is -0.598. The summed E-state index contributed by atoms with van der Waals surface area (Å²) in [6.45, 7) is 3.88. The Morgan fingerprint density at radius 3 is 2.39 bits per heavy atom. The molecule has 4 rings (SSSR count). The summed E-state index contributed by atoms with van der Waals surface area (Å²) >= 11 is 0. The second-order valence-corrected chi connectivity index (χ2v) is 11.8. The highest BCUT2D eigenvalue weighted by molar-refractivity contribution is 7.89. The van der Waals surface area contributed by atoms with E-state index in [9.17, 15) is 22.7 Å². The Balaban J connectivity index is 1.73. The van der Waals surface area contributed by atoms with Gasteiger partial charge < -0.3 is 14.7 Å². The highest BCUT2D eigenvalue weighted by atomic mass is 32.2. The third-order valence-corrected chi connectivity index (χ3v) is 8.86. The first kappa shape index (κ1) is 27.9. The van der Waals surface area contributed by atoms with Crippen LogP contribution in [0.5, 0.6) is 0 Å². The van der Waals surface area contributed by atoms with E-state index in [1.54, 1.807) is 17.9 Å². The van der Waals surface area contributed by atoms with Gasteiger partial charge in [-0.05, 0) is 47.9 Å². The van der Waals surface area contributed by atoms with E-state index in [4.69, 9.17) is 4.74 Å². The lowest BCUT2D eigenvalue weighted by Crippen LogP contribution is -2.47. The standard InChI is InChI=1S/C29H33FN2O5S/c1-20-16-32(21(2)18-33)29(34)27-14-7-6-13-26(27)25-12-5-4-9-22(25)19-37-28(20)17-31(3)38(35,36)24-11-8-10-23(30)15-24/h4-15,20-21,28,33H,16-19H2,1-3H3/t20-,21-,28-/m1/s1. The van der Waals surface area contributed by atoms with Crippen molar-refractivity contribution in [2.45, 2.75) is 37.5 Å². The van der Waals surface area contributed by atoms with Crippen LogP contribution in [0.4, 0.5) is 4.39 Å². The second kappa shape index (κ2) is 11.7. The molecule has 3 aromatic rings. The number of halogens is 1. The summed E-state index contributed by atoms with van der Waals surface area (Å²) < 4.78 is 47.7. The largest absolute Gasteiger partial charge is 0.394 e. The molecule has 1 heterocycles. The number of amides is 1. The van der Waals surface area contributed by atoms with Gasteiger partial charge in [0.2, 0.25) is 10.0 Å². The Morgan fingerprint density at radius 2 is 1.71 bits per heavy atom. The number of aliphatic hydroxyl groups excluding tert-OH is 1. The van der Waals surface area contributed by atoms with E-state index in [-0.39, 0.29) is 43.0 Å². The first-order valence-electron chi connectivity index (χ1n) is 12.6. The van der Waals surface area contributed by atoms with Gasteiger partial charge in [-0.15, -0.1) is 0 Å². The average Bonchev–Trinajstić information content (AvgIpc) is 2.94. The lowest BCUT2D eigenvalue weighted by Gasteiger charge is -2.35. The molecule has 7 nitrogen and oxygen atoms in total. The Hall–Kier alpha value is -3.11. The molecule has 1 amide bonds. The summed E-state index contributed by atoms with van der Waals surface area (Å²) in [6, 6.07) is 19.4. The average molecular weight is 541 g/mol. The minimum absolute atomic E-state index is 0.00926. The van der Waals surface area contributed by atoms with Crippen molar-refractivity contribution in [1.29, 1.82) is 0 Å². The van der Waals surface area contributed by atoms with Crippen molar-refractivity contribution >= 4 is 15.9 Å². The molecule has 1 aliphatic rings. The van der Waals surface area contributed by atoms with Gasteiger partial charge in [0.25, 0.3) is 5.91 Å². The van der Waals surface area contributed by atoms with E-state index >= 15 is 0 Å². The van der Waals surface area contributed by atoms with Gasteiger partial charge in [-0.3, -0.25) is 4.79 Å². The zero-order chi connectivity index (χ0) is 27.4. The van der Waals surface area contributed by atoms with Crippen LogP contribution in [0.1, 0.15) is 29.8 Å². The smallest absolute Gasteiger partial charge is 0.254 e. The number of likely N-dealkylation sites (N-methyl/N-ethyl adjacent to an activating group) is 1. The Morgan fingerprint density at radius 1 is 1.05 bits per heavy atom. The Bertz CT molecular complexity index is 1400. The number of hydrogen-bond donors (Lipinski definition) is 1. The number of rotatable bonds is 6. The molecule has 0 unspecified atom stereocenters. The summed E-state index contributed by atoms with van der Waals surface area (Å²) in [5, 5.41) is 9.96. The lowest BCUT2D eigenvalue weighted by atomic mass is 9.94. The van der Waals surface area contributed by atoms with Crippen molar-refractivity contribution in [2.24, 2.45) is 5.92 Å². The SMILES string of the molecule is C[C@@H]1CN([C@H](C)CO)C(=O)c2ccccc2-c2ccccc2CO[C@@H]1CN(C)S(=O)(=O)c1cccc(F)c1. The monoisotopic (exact) mass is 540 g/mol. The number of hydrogen-bond acceptors (Lipinski definition) is 5. The van der Waals surface area contributed by atoms with Crippen molar-refractivity contribution in [1.82, 2.24) is 9.21 Å². The zero-order valence-electron chi connectivity index (χ0n) is 21.7. The van der Waals surface area contributed by atoms with Gasteiger partial charge >= 0.3 is 0 Å². The van der Waals surface area contributed by atoms with Crippen molar-refractivity contribution in [2.75, 3.05) is 26.7 Å². The van der Waals surface area contributed by atoms with Crippen LogP contribution in [-0.4, -0.2) is 67.5 Å². The number of nitrogens with zero attached hydrogens (tertiary/aromatic N) is 2. The molecule has 202 valence electrons.